The summed E-state index contributed by atoms with van der Waals surface area (Å²) >= 11 is 0. The van der Waals surface area contributed by atoms with E-state index in [0.29, 0.717) is 18.4 Å². The van der Waals surface area contributed by atoms with Crippen LogP contribution in [0.1, 0.15) is 48.1 Å². The molecule has 0 radical (unpaired) electrons. The molecule has 3 aromatic rings. The molecule has 1 N–H and O–H groups in total. The SMILES string of the molecule is Cc1ccc(CCC(=O)C(C)c2ccc(NS(C)(=O)=O)c(F)c2)c(N2CC=C(c3ccccc3)CC2)n1. The summed E-state index contributed by atoms with van der Waals surface area (Å²) in [6.45, 7) is 5.31. The maximum absolute atomic E-state index is 14.4. The van der Waals surface area contributed by atoms with Gasteiger partial charge in [0.25, 0.3) is 0 Å². The largest absolute Gasteiger partial charge is 0.352 e. The molecule has 0 aliphatic carbocycles. The first-order valence-corrected chi connectivity index (χ1v) is 14.3. The Kier molecular flexibility index (Phi) is 8.07. The third-order valence-corrected chi connectivity index (χ3v) is 7.25. The smallest absolute Gasteiger partial charge is 0.229 e. The molecule has 0 spiro atoms. The van der Waals surface area contributed by atoms with Crippen LogP contribution < -0.4 is 9.62 Å². The zero-order valence-electron chi connectivity index (χ0n) is 21.4. The molecule has 2 heterocycles. The predicted molar refractivity (Wildman–Crippen MR) is 147 cm³/mol. The first-order chi connectivity index (χ1) is 17.6. The second-order valence-electron chi connectivity index (χ2n) is 9.53. The van der Waals surface area contributed by atoms with Crippen molar-refractivity contribution in [3.8, 4) is 0 Å². The molecular formula is C29H32FN3O3S. The summed E-state index contributed by atoms with van der Waals surface area (Å²) in [6, 6.07) is 18.5. The van der Waals surface area contributed by atoms with Gasteiger partial charge in [0.1, 0.15) is 17.4 Å². The normalized spacial score (nSPS) is 14.7. The highest BCUT2D eigenvalue weighted by Gasteiger charge is 2.21. The number of benzene rings is 2. The number of anilines is 2. The Morgan fingerprint density at radius 2 is 1.89 bits per heavy atom. The molecule has 0 amide bonds. The van der Waals surface area contributed by atoms with Crippen LogP contribution in [0.3, 0.4) is 0 Å². The highest BCUT2D eigenvalue weighted by molar-refractivity contribution is 7.92. The van der Waals surface area contributed by atoms with Crippen LogP contribution in [0.2, 0.25) is 0 Å². The van der Waals surface area contributed by atoms with Crippen molar-refractivity contribution in [3.63, 3.8) is 0 Å². The number of rotatable bonds is 9. The van der Waals surface area contributed by atoms with Gasteiger partial charge < -0.3 is 4.90 Å². The zero-order valence-corrected chi connectivity index (χ0v) is 22.2. The molecule has 0 fully saturated rings. The van der Waals surface area contributed by atoms with Crippen LogP contribution in [-0.4, -0.2) is 38.5 Å². The van der Waals surface area contributed by atoms with Gasteiger partial charge in [0.2, 0.25) is 10.0 Å². The number of hydrogen-bond acceptors (Lipinski definition) is 5. The number of aromatic nitrogens is 1. The Morgan fingerprint density at radius 3 is 2.54 bits per heavy atom. The van der Waals surface area contributed by atoms with Crippen molar-refractivity contribution >= 4 is 32.9 Å². The molecule has 2 aromatic carbocycles. The lowest BCUT2D eigenvalue weighted by molar-refractivity contribution is -0.120. The van der Waals surface area contributed by atoms with Crippen LogP contribution in [0.5, 0.6) is 0 Å². The van der Waals surface area contributed by atoms with Gasteiger partial charge in [0.05, 0.1) is 11.9 Å². The zero-order chi connectivity index (χ0) is 26.6. The number of sulfonamides is 1. The number of ketones is 1. The van der Waals surface area contributed by atoms with Crippen LogP contribution >= 0.6 is 0 Å². The van der Waals surface area contributed by atoms with E-state index >= 15 is 0 Å². The number of carbonyl (C=O) groups excluding carboxylic acids is 1. The highest BCUT2D eigenvalue weighted by Crippen LogP contribution is 2.29. The summed E-state index contributed by atoms with van der Waals surface area (Å²) in [5.74, 6) is -0.332. The topological polar surface area (TPSA) is 79.4 Å². The van der Waals surface area contributed by atoms with E-state index in [1.165, 1.54) is 23.3 Å². The summed E-state index contributed by atoms with van der Waals surface area (Å²) in [5.41, 5.74) is 4.90. The van der Waals surface area contributed by atoms with E-state index in [2.05, 4.69) is 40.0 Å². The first-order valence-electron chi connectivity index (χ1n) is 12.4. The Morgan fingerprint density at radius 1 is 1.14 bits per heavy atom. The predicted octanol–water partition coefficient (Wildman–Crippen LogP) is 5.50. The van der Waals surface area contributed by atoms with E-state index in [4.69, 9.17) is 4.98 Å². The number of carbonyl (C=O) groups is 1. The van der Waals surface area contributed by atoms with Gasteiger partial charge in [-0.15, -0.1) is 0 Å². The van der Waals surface area contributed by atoms with Crippen molar-refractivity contribution < 1.29 is 17.6 Å². The van der Waals surface area contributed by atoms with Gasteiger partial charge in [-0.1, -0.05) is 55.5 Å². The second kappa shape index (κ2) is 11.3. The minimum Gasteiger partial charge on any atom is -0.352 e. The molecule has 0 bridgehead atoms. The monoisotopic (exact) mass is 521 g/mol. The van der Waals surface area contributed by atoms with Gasteiger partial charge in [-0.3, -0.25) is 9.52 Å². The summed E-state index contributed by atoms with van der Waals surface area (Å²) in [7, 11) is -3.59. The Bertz CT molecular complexity index is 1420. The van der Waals surface area contributed by atoms with Crippen LogP contribution in [0.4, 0.5) is 15.9 Å². The molecular weight excluding hydrogens is 489 g/mol. The number of halogens is 1. The maximum atomic E-state index is 14.4. The van der Waals surface area contributed by atoms with Crippen LogP contribution in [-0.2, 0) is 21.2 Å². The second-order valence-corrected chi connectivity index (χ2v) is 11.3. The number of hydrogen-bond donors (Lipinski definition) is 1. The highest BCUT2D eigenvalue weighted by atomic mass is 32.2. The van der Waals surface area contributed by atoms with E-state index in [-0.39, 0.29) is 11.5 Å². The molecule has 1 unspecified atom stereocenters. The minimum atomic E-state index is -3.59. The number of pyridine rings is 1. The standard InChI is InChI=1S/C29H32FN3O3S/c1-20-9-10-24(29(31-20)33-17-15-23(16-18-33)22-7-5-4-6-8-22)12-14-28(34)21(2)25-11-13-27(26(30)19-25)32-37(3,35)36/h4-11,13,15,19,21,32H,12,14,16-18H2,1-3H3. The van der Waals surface area contributed by atoms with E-state index in [9.17, 15) is 17.6 Å². The van der Waals surface area contributed by atoms with Gasteiger partial charge in [-0.05, 0) is 60.2 Å². The quantitative estimate of drug-likeness (QED) is 0.402. The Balaban J connectivity index is 1.44. The van der Waals surface area contributed by atoms with Gasteiger partial charge in [0, 0.05) is 31.1 Å². The average molecular weight is 522 g/mol. The summed E-state index contributed by atoms with van der Waals surface area (Å²) in [4.78, 5) is 20.1. The Labute approximate surface area is 218 Å². The number of Topliss-reactive ketones (excluding diaryl/α,β-unsaturated/α-hetero) is 1. The third kappa shape index (κ3) is 6.83. The summed E-state index contributed by atoms with van der Waals surface area (Å²) < 4.78 is 39.4. The average Bonchev–Trinajstić information content (AvgIpc) is 2.88. The van der Waals surface area contributed by atoms with Gasteiger partial charge in [-0.25, -0.2) is 17.8 Å². The van der Waals surface area contributed by atoms with E-state index < -0.39 is 21.8 Å². The number of nitrogens with one attached hydrogen (secondary N) is 1. The molecule has 6 nitrogen and oxygen atoms in total. The van der Waals surface area contributed by atoms with Gasteiger partial charge >= 0.3 is 0 Å². The fourth-order valence-electron chi connectivity index (χ4n) is 4.56. The van der Waals surface area contributed by atoms with Crippen molar-refractivity contribution in [1.82, 2.24) is 4.98 Å². The molecule has 0 saturated carbocycles. The van der Waals surface area contributed by atoms with Crippen molar-refractivity contribution in [2.45, 2.75) is 39.0 Å². The van der Waals surface area contributed by atoms with Crippen molar-refractivity contribution in [3.05, 3.63) is 94.9 Å². The molecule has 1 atom stereocenters. The lowest BCUT2D eigenvalue weighted by Gasteiger charge is -2.29. The first kappa shape index (κ1) is 26.5. The maximum Gasteiger partial charge on any atom is 0.229 e. The van der Waals surface area contributed by atoms with Gasteiger partial charge in [-0.2, -0.15) is 0 Å². The number of aryl methyl sites for hydroxylation is 2. The molecule has 1 aliphatic heterocycles. The van der Waals surface area contributed by atoms with Gasteiger partial charge in [0.15, 0.2) is 0 Å². The van der Waals surface area contributed by atoms with Crippen LogP contribution in [0.15, 0.2) is 66.7 Å². The molecule has 8 heteroatoms. The van der Waals surface area contributed by atoms with Crippen LogP contribution in [0, 0.1) is 12.7 Å². The lowest BCUT2D eigenvalue weighted by atomic mass is 9.92. The van der Waals surface area contributed by atoms with Crippen LogP contribution in [0.25, 0.3) is 5.57 Å². The number of nitrogens with zero attached hydrogens (tertiary/aromatic N) is 2. The molecule has 1 aliphatic rings. The van der Waals surface area contributed by atoms with E-state index in [1.54, 1.807) is 13.0 Å². The summed E-state index contributed by atoms with van der Waals surface area (Å²) in [5, 5.41) is 0. The molecule has 1 aromatic heterocycles. The van der Waals surface area contributed by atoms with Crippen molar-refractivity contribution in [2.75, 3.05) is 29.0 Å². The minimum absolute atomic E-state index is 0.0142. The van der Waals surface area contributed by atoms with Crippen molar-refractivity contribution in [2.24, 2.45) is 0 Å². The van der Waals surface area contributed by atoms with E-state index in [1.807, 2.05) is 25.1 Å². The molecule has 194 valence electrons. The fraction of sp³-hybridized carbons (Fsp3) is 0.310. The lowest BCUT2D eigenvalue weighted by Crippen LogP contribution is -2.30. The molecule has 4 rings (SSSR count). The van der Waals surface area contributed by atoms with Crippen molar-refractivity contribution in [1.29, 1.82) is 0 Å². The summed E-state index contributed by atoms with van der Waals surface area (Å²) in [6.07, 6.45) is 4.96. The third-order valence-electron chi connectivity index (χ3n) is 6.66. The Hall–Kier alpha value is -3.52. The van der Waals surface area contributed by atoms with E-state index in [0.717, 1.165) is 42.8 Å². The molecule has 0 saturated heterocycles. The molecule has 37 heavy (non-hydrogen) atoms. The fourth-order valence-corrected chi connectivity index (χ4v) is 5.13.